The summed E-state index contributed by atoms with van der Waals surface area (Å²) in [7, 11) is 1.31. The van der Waals surface area contributed by atoms with Crippen molar-refractivity contribution >= 4 is 12.2 Å². The lowest BCUT2D eigenvalue weighted by Crippen LogP contribution is -2.24. The minimum Gasteiger partial charge on any atom is -0.507 e. The molecule has 0 radical (unpaired) electrons. The molecule has 0 spiro atoms. The zero-order chi connectivity index (χ0) is 26.8. The highest BCUT2D eigenvalue weighted by atomic mass is 19.4. The van der Waals surface area contributed by atoms with Gasteiger partial charge in [0, 0.05) is 11.1 Å². The lowest BCUT2D eigenvalue weighted by Gasteiger charge is -2.24. The van der Waals surface area contributed by atoms with Crippen LogP contribution in [0.3, 0.4) is 0 Å². The van der Waals surface area contributed by atoms with Crippen LogP contribution in [-0.2, 0) is 22.4 Å². The Hall–Kier alpha value is -3.03. The number of hydrogen-bond acceptors (Lipinski definition) is 5. The summed E-state index contributed by atoms with van der Waals surface area (Å²) in [6, 6.07) is 1.27. The van der Waals surface area contributed by atoms with Crippen molar-refractivity contribution in [1.82, 2.24) is 0 Å². The average Bonchev–Trinajstić information content (AvgIpc) is 2.96. The third-order valence-corrected chi connectivity index (χ3v) is 5.39. The van der Waals surface area contributed by atoms with Crippen LogP contribution in [0.2, 0.25) is 0 Å². The summed E-state index contributed by atoms with van der Waals surface area (Å²) in [6.07, 6.45) is 3.98. The van der Waals surface area contributed by atoms with Gasteiger partial charge in [-0.25, -0.2) is 0 Å². The molecule has 5 nitrogen and oxygen atoms in total. The summed E-state index contributed by atoms with van der Waals surface area (Å²) in [4.78, 5) is 8.95. The molecule has 2 N–H and O–H groups in total. The smallest absolute Gasteiger partial charge is 0.433 e. The molecule has 0 heterocycles. The fourth-order valence-electron chi connectivity index (χ4n) is 3.82. The molecule has 0 aromatic heterocycles. The van der Waals surface area contributed by atoms with E-state index in [1.165, 1.54) is 24.3 Å². The molecule has 1 aromatic rings. The second-order valence-electron chi connectivity index (χ2n) is 8.55. The van der Waals surface area contributed by atoms with Crippen LogP contribution in [0.1, 0.15) is 70.6 Å². The van der Waals surface area contributed by atoms with Crippen LogP contribution in [0, 0.1) is 5.41 Å². The number of hydrogen-bond donors (Lipinski definition) is 2. The first-order valence-corrected chi connectivity index (χ1v) is 11.6. The van der Waals surface area contributed by atoms with Gasteiger partial charge >= 0.3 is 6.18 Å². The number of aromatic hydroxyl groups is 1. The van der Waals surface area contributed by atoms with Gasteiger partial charge in [-0.3, -0.25) is 10.2 Å². The zero-order valence-electron chi connectivity index (χ0n) is 21.3. The Morgan fingerprint density at radius 3 is 2.29 bits per heavy atom. The number of phenols is 1. The number of carbonyl (C=O) groups is 1. The molecule has 0 bridgehead atoms. The monoisotopic (exact) mass is 495 g/mol. The molecule has 0 fully saturated rings. The lowest BCUT2D eigenvalue weighted by atomic mass is 9.94. The van der Waals surface area contributed by atoms with Gasteiger partial charge in [-0.1, -0.05) is 56.1 Å². The number of benzene rings is 1. The molecule has 1 atom stereocenters. The van der Waals surface area contributed by atoms with Crippen LogP contribution in [0.5, 0.6) is 11.5 Å². The minimum absolute atomic E-state index is 0.339. The standard InChI is InChI=1S/C25H32F3NO2.C2H4O2/c1-6-8-19-14-21(24(29)25(26,27)28)22(30)20(9-7-2)23(19)31-17(5)18-11-10-15(3)12-16(4)13-18;1-4-2-3/h10-11,13-14,17,29-30H,6-9,12H2,1-5H3;2H,1H3. The van der Waals surface area contributed by atoms with Crippen LogP contribution < -0.4 is 4.74 Å². The Kier molecular flexibility index (Phi) is 11.8. The molecule has 1 aromatic carbocycles. The number of carbonyl (C=O) groups excluding carboxylic acids is 1. The number of nitrogens with one attached hydrogen (secondary N) is 1. The van der Waals surface area contributed by atoms with Crippen molar-refractivity contribution < 1.29 is 32.5 Å². The fraction of sp³-hybridized carbons (Fsp3) is 0.481. The first-order chi connectivity index (χ1) is 16.4. The molecule has 0 saturated heterocycles. The quantitative estimate of drug-likeness (QED) is 0.285. The van der Waals surface area contributed by atoms with Crippen molar-refractivity contribution in [2.45, 2.75) is 79.0 Å². The highest BCUT2D eigenvalue weighted by Gasteiger charge is 2.38. The molecule has 1 aliphatic rings. The van der Waals surface area contributed by atoms with Crippen LogP contribution in [-0.4, -0.2) is 36.7 Å². The van der Waals surface area contributed by atoms with E-state index in [4.69, 9.17) is 14.9 Å². The number of ether oxygens (including phenoxy) is 2. The summed E-state index contributed by atoms with van der Waals surface area (Å²) in [6.45, 7) is 10.2. The molecular formula is C27H36F3NO4. The highest BCUT2D eigenvalue weighted by molar-refractivity contribution is 6.05. The van der Waals surface area contributed by atoms with Gasteiger partial charge in [0.2, 0.25) is 0 Å². The minimum atomic E-state index is -4.84. The average molecular weight is 496 g/mol. The van der Waals surface area contributed by atoms with Gasteiger partial charge in [0.05, 0.1) is 7.11 Å². The molecule has 2 rings (SSSR count). The third kappa shape index (κ3) is 8.60. The van der Waals surface area contributed by atoms with E-state index in [0.717, 1.165) is 12.0 Å². The summed E-state index contributed by atoms with van der Waals surface area (Å²) in [5.74, 6) is -0.0761. The van der Waals surface area contributed by atoms with Gasteiger partial charge < -0.3 is 14.6 Å². The molecular weight excluding hydrogens is 459 g/mol. The van der Waals surface area contributed by atoms with Crippen molar-refractivity contribution in [1.29, 1.82) is 5.41 Å². The maximum atomic E-state index is 13.2. The van der Waals surface area contributed by atoms with E-state index in [1.807, 2.05) is 32.9 Å². The first kappa shape index (κ1) is 30.0. The molecule has 194 valence electrons. The SMILES string of the molecule is CCCc1cc(C(=N)C(F)(F)F)c(O)c(CCC)c1OC(C)C1=CC=C(C)CC(C)=C1.COC=O. The predicted molar refractivity (Wildman–Crippen MR) is 132 cm³/mol. The summed E-state index contributed by atoms with van der Waals surface area (Å²) in [5, 5.41) is 18.3. The second-order valence-corrected chi connectivity index (χ2v) is 8.55. The Morgan fingerprint density at radius 1 is 1.17 bits per heavy atom. The number of aryl methyl sites for hydroxylation is 1. The first-order valence-electron chi connectivity index (χ1n) is 11.6. The Bertz CT molecular complexity index is 991. The van der Waals surface area contributed by atoms with Gasteiger partial charge in [-0.05, 0) is 57.2 Å². The number of halogens is 3. The van der Waals surface area contributed by atoms with Crippen LogP contribution >= 0.6 is 0 Å². The molecule has 1 aliphatic carbocycles. The topological polar surface area (TPSA) is 79.6 Å². The lowest BCUT2D eigenvalue weighted by molar-refractivity contribution is -0.126. The molecule has 0 aliphatic heterocycles. The van der Waals surface area contributed by atoms with E-state index in [2.05, 4.69) is 24.7 Å². The van der Waals surface area contributed by atoms with Crippen molar-refractivity contribution in [2.75, 3.05) is 7.11 Å². The summed E-state index contributed by atoms with van der Waals surface area (Å²) >= 11 is 0. The molecule has 1 unspecified atom stereocenters. The second kappa shape index (κ2) is 13.8. The van der Waals surface area contributed by atoms with Crippen LogP contribution in [0.15, 0.2) is 41.0 Å². The summed E-state index contributed by atoms with van der Waals surface area (Å²) < 4.78 is 49.8. The molecule has 8 heteroatoms. The van der Waals surface area contributed by atoms with E-state index in [0.29, 0.717) is 49.0 Å². The normalized spacial score (nSPS) is 14.4. The van der Waals surface area contributed by atoms with Crippen molar-refractivity contribution in [2.24, 2.45) is 0 Å². The van der Waals surface area contributed by atoms with E-state index in [1.54, 1.807) is 0 Å². The maximum Gasteiger partial charge on any atom is 0.433 e. The van der Waals surface area contributed by atoms with E-state index < -0.39 is 23.2 Å². The number of methoxy groups -OCH3 is 1. The Balaban J connectivity index is 0.00000142. The third-order valence-electron chi connectivity index (χ3n) is 5.39. The Morgan fingerprint density at radius 2 is 1.77 bits per heavy atom. The molecule has 0 amide bonds. The number of allylic oxidation sites excluding steroid dienone is 4. The number of rotatable bonds is 9. The van der Waals surface area contributed by atoms with Crippen molar-refractivity contribution in [3.8, 4) is 11.5 Å². The highest BCUT2D eigenvalue weighted by Crippen LogP contribution is 2.40. The van der Waals surface area contributed by atoms with Gasteiger partial charge in [0.1, 0.15) is 23.3 Å². The van der Waals surface area contributed by atoms with E-state index in [-0.39, 0.29) is 6.10 Å². The Labute approximate surface area is 205 Å². The fourth-order valence-corrected chi connectivity index (χ4v) is 3.82. The zero-order valence-corrected chi connectivity index (χ0v) is 21.3. The van der Waals surface area contributed by atoms with E-state index in [9.17, 15) is 18.3 Å². The van der Waals surface area contributed by atoms with Gasteiger partial charge in [0.25, 0.3) is 6.47 Å². The van der Waals surface area contributed by atoms with Crippen LogP contribution in [0.4, 0.5) is 13.2 Å². The number of alkyl halides is 3. The predicted octanol–water partition coefficient (Wildman–Crippen LogP) is 7.01. The van der Waals surface area contributed by atoms with Crippen molar-refractivity contribution in [3.05, 3.63) is 57.7 Å². The van der Waals surface area contributed by atoms with Crippen LogP contribution in [0.25, 0.3) is 0 Å². The largest absolute Gasteiger partial charge is 0.507 e. The van der Waals surface area contributed by atoms with Crippen molar-refractivity contribution in [3.63, 3.8) is 0 Å². The van der Waals surface area contributed by atoms with Gasteiger partial charge in [-0.15, -0.1) is 0 Å². The van der Waals surface area contributed by atoms with Gasteiger partial charge in [0.15, 0.2) is 0 Å². The van der Waals surface area contributed by atoms with Gasteiger partial charge in [-0.2, -0.15) is 13.2 Å². The number of phenolic OH excluding ortho intramolecular Hbond substituents is 1. The molecule has 35 heavy (non-hydrogen) atoms. The van der Waals surface area contributed by atoms with E-state index >= 15 is 0 Å². The molecule has 0 saturated carbocycles. The summed E-state index contributed by atoms with van der Waals surface area (Å²) in [5.41, 5.74) is 2.31. The maximum absolute atomic E-state index is 13.2.